The van der Waals surface area contributed by atoms with E-state index in [1.165, 1.54) is 18.4 Å². The van der Waals surface area contributed by atoms with Crippen LogP contribution in [0, 0.1) is 13.8 Å². The zero-order valence-corrected chi connectivity index (χ0v) is 21.1. The number of carbonyl (C=O) groups is 2. The summed E-state index contributed by atoms with van der Waals surface area (Å²) in [5.41, 5.74) is 5.89. The number of hydrogen-bond donors (Lipinski definition) is 2. The summed E-state index contributed by atoms with van der Waals surface area (Å²) in [7, 11) is 1.51. The van der Waals surface area contributed by atoms with Crippen molar-refractivity contribution in [3.8, 4) is 5.75 Å². The normalized spacial score (nSPS) is 11.1. The molecule has 0 atom stereocenters. The van der Waals surface area contributed by atoms with Crippen molar-refractivity contribution in [3.63, 3.8) is 0 Å². The lowest BCUT2D eigenvalue weighted by atomic mass is 10.1. The fraction of sp³-hybridized carbons (Fsp3) is 0.120. The molecule has 0 aliphatic rings. The fourth-order valence-corrected chi connectivity index (χ4v) is 4.90. The van der Waals surface area contributed by atoms with Crippen LogP contribution in [0.1, 0.15) is 36.9 Å². The van der Waals surface area contributed by atoms with Gasteiger partial charge in [0, 0.05) is 15.6 Å². The van der Waals surface area contributed by atoms with Gasteiger partial charge in [0.15, 0.2) is 0 Å². The van der Waals surface area contributed by atoms with Crippen LogP contribution in [-0.2, 0) is 0 Å². The monoisotopic (exact) mass is 536 g/mol. The molecule has 2 heterocycles. The van der Waals surface area contributed by atoms with E-state index in [1.807, 2.05) is 44.2 Å². The number of fused-ring (bicyclic) bond motifs is 1. The van der Waals surface area contributed by atoms with Gasteiger partial charge in [-0.1, -0.05) is 40.2 Å². The Morgan fingerprint density at radius 3 is 2.56 bits per heavy atom. The summed E-state index contributed by atoms with van der Waals surface area (Å²) in [4.78, 5) is 31.8. The third kappa shape index (κ3) is 5.00. The standard InChI is InChI=1S/C25H21BrN4O3S/c1-14-12-15(2)28-25-20(14)21(29-23(31)18-6-4-5-7-19(18)33-3)22(34-25)24(32)30-27-13-16-8-10-17(26)11-9-16/h4-13H,1-3H3,(H,29,31)(H,30,32)/b27-13+. The number of nitrogens with one attached hydrogen (secondary N) is 2. The fourth-order valence-electron chi connectivity index (χ4n) is 3.50. The first-order valence-corrected chi connectivity index (χ1v) is 11.9. The molecule has 7 nitrogen and oxygen atoms in total. The number of rotatable bonds is 6. The Bertz CT molecular complexity index is 1410. The van der Waals surface area contributed by atoms with E-state index in [2.05, 4.69) is 36.8 Å². The number of carbonyl (C=O) groups excluding carboxylic acids is 2. The second kappa shape index (κ2) is 10.1. The lowest BCUT2D eigenvalue weighted by Gasteiger charge is -2.11. The van der Waals surface area contributed by atoms with E-state index in [1.54, 1.807) is 30.5 Å². The third-order valence-electron chi connectivity index (χ3n) is 5.03. The van der Waals surface area contributed by atoms with E-state index in [0.29, 0.717) is 26.7 Å². The highest BCUT2D eigenvalue weighted by molar-refractivity contribution is 9.10. The Hall–Kier alpha value is -3.56. The highest BCUT2D eigenvalue weighted by atomic mass is 79.9. The first-order valence-electron chi connectivity index (χ1n) is 10.3. The maximum absolute atomic E-state index is 13.1. The van der Waals surface area contributed by atoms with Gasteiger partial charge >= 0.3 is 0 Å². The number of benzene rings is 2. The number of amides is 2. The minimum Gasteiger partial charge on any atom is -0.496 e. The van der Waals surface area contributed by atoms with Gasteiger partial charge < -0.3 is 10.1 Å². The number of aryl methyl sites for hydroxylation is 2. The van der Waals surface area contributed by atoms with Crippen molar-refractivity contribution in [1.29, 1.82) is 0 Å². The van der Waals surface area contributed by atoms with Gasteiger partial charge in [0.05, 0.1) is 24.6 Å². The summed E-state index contributed by atoms with van der Waals surface area (Å²) in [6, 6.07) is 16.3. The molecule has 0 saturated carbocycles. The van der Waals surface area contributed by atoms with Gasteiger partial charge in [-0.25, -0.2) is 10.4 Å². The third-order valence-corrected chi connectivity index (χ3v) is 6.64. The molecule has 0 bridgehead atoms. The Kier molecular flexibility index (Phi) is 7.04. The number of ether oxygens (including phenoxy) is 1. The van der Waals surface area contributed by atoms with Crippen LogP contribution in [-0.4, -0.2) is 30.1 Å². The summed E-state index contributed by atoms with van der Waals surface area (Å²) in [5.74, 6) is -0.386. The molecule has 9 heteroatoms. The first kappa shape index (κ1) is 23.6. The van der Waals surface area contributed by atoms with Crippen LogP contribution in [0.25, 0.3) is 10.2 Å². The SMILES string of the molecule is COc1ccccc1C(=O)Nc1c(C(=O)N/N=C/c2ccc(Br)cc2)sc2nc(C)cc(C)c12. The van der Waals surface area contributed by atoms with Gasteiger partial charge in [-0.3, -0.25) is 9.59 Å². The minimum absolute atomic E-state index is 0.312. The molecule has 4 aromatic rings. The number of pyridine rings is 1. The molecular weight excluding hydrogens is 516 g/mol. The summed E-state index contributed by atoms with van der Waals surface area (Å²) >= 11 is 4.59. The van der Waals surface area contributed by atoms with Crippen molar-refractivity contribution < 1.29 is 14.3 Å². The predicted molar refractivity (Wildman–Crippen MR) is 139 cm³/mol. The van der Waals surface area contributed by atoms with Crippen LogP contribution < -0.4 is 15.5 Å². The van der Waals surface area contributed by atoms with Crippen molar-refractivity contribution in [2.75, 3.05) is 12.4 Å². The lowest BCUT2D eigenvalue weighted by molar-refractivity contribution is 0.0960. The van der Waals surface area contributed by atoms with E-state index in [-0.39, 0.29) is 5.91 Å². The van der Waals surface area contributed by atoms with Gasteiger partial charge in [-0.05, 0) is 55.3 Å². The van der Waals surface area contributed by atoms with Crippen molar-refractivity contribution in [3.05, 3.63) is 86.3 Å². The van der Waals surface area contributed by atoms with Crippen LogP contribution in [0.2, 0.25) is 0 Å². The number of anilines is 1. The van der Waals surface area contributed by atoms with Crippen LogP contribution in [0.15, 0.2) is 64.2 Å². The average molecular weight is 537 g/mol. The number of para-hydroxylation sites is 1. The molecule has 2 amide bonds. The molecule has 172 valence electrons. The molecule has 34 heavy (non-hydrogen) atoms. The zero-order chi connectivity index (χ0) is 24.2. The molecule has 4 rings (SSSR count). The minimum atomic E-state index is -0.441. The Morgan fingerprint density at radius 1 is 1.09 bits per heavy atom. The maximum Gasteiger partial charge on any atom is 0.283 e. The van der Waals surface area contributed by atoms with E-state index < -0.39 is 5.91 Å². The topological polar surface area (TPSA) is 92.7 Å². The van der Waals surface area contributed by atoms with E-state index >= 15 is 0 Å². The highest BCUT2D eigenvalue weighted by Gasteiger charge is 2.24. The van der Waals surface area contributed by atoms with Gasteiger partial charge in [-0.15, -0.1) is 11.3 Å². The number of methoxy groups -OCH3 is 1. The second-order valence-electron chi connectivity index (χ2n) is 7.47. The number of thiophene rings is 1. The molecule has 2 N–H and O–H groups in total. The van der Waals surface area contributed by atoms with Crippen LogP contribution in [0.4, 0.5) is 5.69 Å². The first-order chi connectivity index (χ1) is 16.4. The molecular formula is C25H21BrN4O3S. The Labute approximate surface area is 209 Å². The van der Waals surface area contributed by atoms with E-state index in [9.17, 15) is 9.59 Å². The van der Waals surface area contributed by atoms with Gasteiger partial charge in [0.1, 0.15) is 15.5 Å². The Morgan fingerprint density at radius 2 is 1.82 bits per heavy atom. The number of hydrazone groups is 1. The van der Waals surface area contributed by atoms with Crippen LogP contribution in [0.5, 0.6) is 5.75 Å². The smallest absolute Gasteiger partial charge is 0.283 e. The zero-order valence-electron chi connectivity index (χ0n) is 18.7. The van der Waals surface area contributed by atoms with Crippen molar-refractivity contribution >= 4 is 61.2 Å². The van der Waals surface area contributed by atoms with Crippen LogP contribution in [0.3, 0.4) is 0 Å². The summed E-state index contributed by atoms with van der Waals surface area (Å²) in [6.07, 6.45) is 1.55. The molecule has 0 unspecified atom stereocenters. The quantitative estimate of drug-likeness (QED) is 0.244. The average Bonchev–Trinajstić information content (AvgIpc) is 3.18. The number of nitrogens with zero attached hydrogens (tertiary/aromatic N) is 2. The molecule has 0 spiro atoms. The van der Waals surface area contributed by atoms with Gasteiger partial charge in [0.2, 0.25) is 0 Å². The number of hydrogen-bond acceptors (Lipinski definition) is 6. The molecule has 0 saturated heterocycles. The summed E-state index contributed by atoms with van der Waals surface area (Å²) in [6.45, 7) is 3.82. The van der Waals surface area contributed by atoms with Crippen molar-refractivity contribution in [2.24, 2.45) is 5.10 Å². The van der Waals surface area contributed by atoms with Crippen molar-refractivity contribution in [1.82, 2.24) is 10.4 Å². The predicted octanol–water partition coefficient (Wildman–Crippen LogP) is 5.70. The molecule has 0 aliphatic carbocycles. The Balaban J connectivity index is 1.69. The summed E-state index contributed by atoms with van der Waals surface area (Å²) in [5, 5.41) is 7.71. The van der Waals surface area contributed by atoms with Gasteiger partial charge in [0.25, 0.3) is 11.8 Å². The number of halogens is 1. The maximum atomic E-state index is 13.1. The van der Waals surface area contributed by atoms with Gasteiger partial charge in [-0.2, -0.15) is 5.10 Å². The molecule has 0 radical (unpaired) electrons. The number of aromatic nitrogens is 1. The van der Waals surface area contributed by atoms with E-state index in [4.69, 9.17) is 4.74 Å². The molecule has 2 aromatic heterocycles. The second-order valence-corrected chi connectivity index (χ2v) is 9.39. The molecule has 0 fully saturated rings. The highest BCUT2D eigenvalue weighted by Crippen LogP contribution is 2.38. The summed E-state index contributed by atoms with van der Waals surface area (Å²) < 4.78 is 6.27. The molecule has 0 aliphatic heterocycles. The molecule has 2 aromatic carbocycles. The lowest BCUT2D eigenvalue weighted by Crippen LogP contribution is -2.20. The largest absolute Gasteiger partial charge is 0.496 e. The van der Waals surface area contributed by atoms with Crippen LogP contribution >= 0.6 is 27.3 Å². The van der Waals surface area contributed by atoms with E-state index in [0.717, 1.165) is 26.7 Å². The van der Waals surface area contributed by atoms with Crippen molar-refractivity contribution in [2.45, 2.75) is 13.8 Å².